The van der Waals surface area contributed by atoms with Crippen LogP contribution in [0.25, 0.3) is 0 Å². The number of rotatable bonds is 7. The quantitative estimate of drug-likeness (QED) is 0.222. The number of halogens is 1. The molecule has 196 valence electrons. The van der Waals surface area contributed by atoms with Gasteiger partial charge in [0.05, 0.1) is 0 Å². The van der Waals surface area contributed by atoms with Crippen LogP contribution < -0.4 is 0 Å². The molecular formula is C34H53Br. The molecule has 11 atom stereocenters. The van der Waals surface area contributed by atoms with Crippen molar-refractivity contribution < 1.29 is 0 Å². The minimum Gasteiger partial charge on any atom is -0.0914 e. The van der Waals surface area contributed by atoms with E-state index in [4.69, 9.17) is 0 Å². The lowest BCUT2D eigenvalue weighted by Gasteiger charge is -2.52. The van der Waals surface area contributed by atoms with Gasteiger partial charge in [-0.2, -0.15) is 0 Å². The van der Waals surface area contributed by atoms with Gasteiger partial charge in [0.25, 0.3) is 0 Å². The Kier molecular flexibility index (Phi) is 8.99. The highest BCUT2D eigenvalue weighted by atomic mass is 79.9. The molecule has 0 saturated heterocycles. The third-order valence-corrected chi connectivity index (χ3v) is 12.4. The number of fused-ring (bicyclic) bond motifs is 3. The van der Waals surface area contributed by atoms with Crippen molar-refractivity contribution in [3.63, 3.8) is 0 Å². The van der Waals surface area contributed by atoms with Crippen LogP contribution in [0.4, 0.5) is 0 Å². The summed E-state index contributed by atoms with van der Waals surface area (Å²) in [6, 6.07) is 0. The fraction of sp³-hybridized carbons (Fsp3) is 0.765. The first-order valence-corrected chi connectivity index (χ1v) is 15.9. The van der Waals surface area contributed by atoms with Gasteiger partial charge in [-0.05, 0) is 117 Å². The molecule has 4 aliphatic rings. The summed E-state index contributed by atoms with van der Waals surface area (Å²) in [6.07, 6.45) is 27.2. The summed E-state index contributed by atoms with van der Waals surface area (Å²) in [5.74, 6) is 7.52. The van der Waals surface area contributed by atoms with E-state index in [1.807, 2.05) is 0 Å². The molecule has 1 fully saturated rings. The lowest BCUT2D eigenvalue weighted by molar-refractivity contribution is 0.0634. The van der Waals surface area contributed by atoms with Crippen LogP contribution in [0, 0.1) is 64.6 Å². The van der Waals surface area contributed by atoms with Gasteiger partial charge >= 0.3 is 0 Å². The van der Waals surface area contributed by atoms with E-state index in [-0.39, 0.29) is 0 Å². The molecule has 0 heterocycles. The zero-order valence-corrected chi connectivity index (χ0v) is 25.3. The van der Waals surface area contributed by atoms with Gasteiger partial charge in [-0.25, -0.2) is 0 Å². The van der Waals surface area contributed by atoms with Crippen LogP contribution in [0.15, 0.2) is 48.1 Å². The van der Waals surface area contributed by atoms with E-state index in [2.05, 4.69) is 107 Å². The Labute approximate surface area is 226 Å². The molecule has 0 bridgehead atoms. The minimum atomic E-state index is 0.374. The Morgan fingerprint density at radius 3 is 2.60 bits per heavy atom. The normalized spacial score (nSPS) is 41.3. The van der Waals surface area contributed by atoms with Crippen LogP contribution in [-0.2, 0) is 0 Å². The molecule has 1 heteroatoms. The first-order chi connectivity index (χ1) is 16.7. The molecule has 0 N–H and O–H groups in total. The summed E-state index contributed by atoms with van der Waals surface area (Å²) in [4.78, 5) is 0.675. The zero-order valence-electron chi connectivity index (χ0n) is 23.7. The van der Waals surface area contributed by atoms with Gasteiger partial charge in [0.1, 0.15) is 0 Å². The van der Waals surface area contributed by atoms with Gasteiger partial charge in [-0.3, -0.25) is 0 Å². The molecule has 0 aromatic heterocycles. The molecule has 0 amide bonds. The van der Waals surface area contributed by atoms with E-state index in [0.29, 0.717) is 28.0 Å². The second-order valence-electron chi connectivity index (χ2n) is 13.4. The van der Waals surface area contributed by atoms with Gasteiger partial charge in [-0.15, -0.1) is 0 Å². The van der Waals surface area contributed by atoms with Crippen molar-refractivity contribution in [3.05, 3.63) is 48.1 Å². The van der Waals surface area contributed by atoms with Crippen molar-refractivity contribution in [1.29, 1.82) is 0 Å². The maximum atomic E-state index is 4.08. The van der Waals surface area contributed by atoms with Crippen LogP contribution in [0.2, 0.25) is 0 Å². The number of alkyl halides is 1. The average Bonchev–Trinajstić information content (AvgIpc) is 2.83. The average molecular weight is 542 g/mol. The summed E-state index contributed by atoms with van der Waals surface area (Å²) >= 11 is 4.08. The molecule has 1 saturated carbocycles. The topological polar surface area (TPSA) is 0 Å². The summed E-state index contributed by atoms with van der Waals surface area (Å²) in [5, 5.41) is 0. The SMILES string of the molecule is C/C=C\C(CC(C)C(C)(C)C1CCC=CC1C)C1C=C(C)C2C(C=CC3C(Br)CCC(CC)C32)C1. The number of allylic oxidation sites excluding steroid dienone is 8. The number of hydrogen-bond acceptors (Lipinski definition) is 0. The fourth-order valence-electron chi connectivity index (χ4n) is 9.00. The Morgan fingerprint density at radius 1 is 1.14 bits per heavy atom. The molecule has 11 unspecified atom stereocenters. The van der Waals surface area contributed by atoms with Crippen molar-refractivity contribution in [1.82, 2.24) is 0 Å². The van der Waals surface area contributed by atoms with E-state index in [1.165, 1.54) is 44.9 Å². The second-order valence-corrected chi connectivity index (χ2v) is 14.6. The molecule has 0 nitrogen and oxygen atoms in total. The van der Waals surface area contributed by atoms with Crippen LogP contribution in [-0.4, -0.2) is 4.83 Å². The Morgan fingerprint density at radius 2 is 1.91 bits per heavy atom. The smallest absolute Gasteiger partial charge is 0.0211 e. The van der Waals surface area contributed by atoms with Crippen LogP contribution in [0.3, 0.4) is 0 Å². The molecular weight excluding hydrogens is 488 g/mol. The van der Waals surface area contributed by atoms with E-state index in [1.54, 1.807) is 5.57 Å². The standard InChI is InChI=1S/C34H53Br/c1-8-12-26(20-24(5)34(6,7)30-14-11-10-13-22(30)3)28-19-23(4)32-27(21-28)15-17-29-31(35)18-16-25(9-2)33(29)32/h8,10,12-13,15,17,19,22,24-33H,9,11,14,16,18,20-21H2,1-7H3/b12-8-. The monoisotopic (exact) mass is 540 g/mol. The third kappa shape index (κ3) is 5.51. The van der Waals surface area contributed by atoms with Crippen molar-refractivity contribution >= 4 is 15.9 Å². The molecule has 0 aromatic carbocycles. The molecule has 0 spiro atoms. The summed E-state index contributed by atoms with van der Waals surface area (Å²) in [6.45, 7) is 17.3. The van der Waals surface area contributed by atoms with E-state index < -0.39 is 0 Å². The van der Waals surface area contributed by atoms with Crippen LogP contribution in [0.1, 0.15) is 93.4 Å². The fourth-order valence-corrected chi connectivity index (χ4v) is 9.79. The van der Waals surface area contributed by atoms with Gasteiger partial charge in [-0.1, -0.05) is 105 Å². The lowest BCUT2D eigenvalue weighted by Crippen LogP contribution is -2.45. The van der Waals surface area contributed by atoms with Crippen molar-refractivity contribution in [2.75, 3.05) is 0 Å². The number of hydrogen-bond donors (Lipinski definition) is 0. The predicted molar refractivity (Wildman–Crippen MR) is 158 cm³/mol. The molecule has 0 aliphatic heterocycles. The first-order valence-electron chi connectivity index (χ1n) is 15.0. The highest BCUT2D eigenvalue weighted by Crippen LogP contribution is 2.55. The van der Waals surface area contributed by atoms with Gasteiger partial charge < -0.3 is 0 Å². The lowest BCUT2D eigenvalue weighted by atomic mass is 9.54. The Hall–Kier alpha value is -0.560. The van der Waals surface area contributed by atoms with Gasteiger partial charge in [0.2, 0.25) is 0 Å². The molecule has 0 radical (unpaired) electrons. The third-order valence-electron chi connectivity index (χ3n) is 11.3. The van der Waals surface area contributed by atoms with Crippen LogP contribution in [0.5, 0.6) is 0 Å². The van der Waals surface area contributed by atoms with Crippen molar-refractivity contribution in [2.45, 2.75) is 98.2 Å². The first kappa shape index (κ1) is 27.5. The van der Waals surface area contributed by atoms with Gasteiger partial charge in [0.15, 0.2) is 0 Å². The molecule has 4 rings (SSSR count). The Balaban J connectivity index is 1.54. The summed E-state index contributed by atoms with van der Waals surface area (Å²) < 4.78 is 0. The highest BCUT2D eigenvalue weighted by Gasteiger charge is 2.48. The van der Waals surface area contributed by atoms with Crippen LogP contribution >= 0.6 is 15.9 Å². The zero-order chi connectivity index (χ0) is 25.3. The summed E-state index contributed by atoms with van der Waals surface area (Å²) in [5.41, 5.74) is 2.08. The Bertz CT molecular complexity index is 828. The largest absolute Gasteiger partial charge is 0.0914 e. The van der Waals surface area contributed by atoms with Crippen molar-refractivity contribution in [3.8, 4) is 0 Å². The molecule has 35 heavy (non-hydrogen) atoms. The minimum absolute atomic E-state index is 0.374. The predicted octanol–water partition coefficient (Wildman–Crippen LogP) is 10.4. The summed E-state index contributed by atoms with van der Waals surface area (Å²) in [7, 11) is 0. The highest BCUT2D eigenvalue weighted by molar-refractivity contribution is 9.09. The maximum absolute atomic E-state index is 4.08. The molecule has 0 aromatic rings. The second kappa shape index (κ2) is 11.4. The maximum Gasteiger partial charge on any atom is 0.0211 e. The van der Waals surface area contributed by atoms with E-state index in [9.17, 15) is 0 Å². The van der Waals surface area contributed by atoms with E-state index >= 15 is 0 Å². The van der Waals surface area contributed by atoms with Gasteiger partial charge in [0, 0.05) is 4.83 Å². The molecule has 4 aliphatic carbocycles. The van der Waals surface area contributed by atoms with E-state index in [0.717, 1.165) is 41.4 Å². The van der Waals surface area contributed by atoms with Crippen molar-refractivity contribution in [2.24, 2.45) is 64.6 Å².